The van der Waals surface area contributed by atoms with E-state index < -0.39 is 23.5 Å². The fourth-order valence-corrected chi connectivity index (χ4v) is 4.02. The molecule has 1 saturated carbocycles. The third-order valence-electron chi connectivity index (χ3n) is 5.71. The number of hydrogen-bond acceptors (Lipinski definition) is 4. The zero-order valence-electron chi connectivity index (χ0n) is 14.6. The minimum absolute atomic E-state index is 0.0492. The molecular formula is C18H28N4O3. The van der Waals surface area contributed by atoms with E-state index in [4.69, 9.17) is 11.5 Å². The summed E-state index contributed by atoms with van der Waals surface area (Å²) in [5, 5.41) is 2.84. The van der Waals surface area contributed by atoms with Gasteiger partial charge in [-0.1, -0.05) is 25.0 Å². The molecular weight excluding hydrogens is 320 g/mol. The fourth-order valence-electron chi connectivity index (χ4n) is 4.02. The number of amides is 3. The van der Waals surface area contributed by atoms with E-state index in [0.29, 0.717) is 25.8 Å². The second kappa shape index (κ2) is 7.15. The molecule has 5 N–H and O–H groups in total. The average Bonchev–Trinajstić information content (AvgIpc) is 3.05. The van der Waals surface area contributed by atoms with E-state index in [0.717, 1.165) is 32.1 Å². The van der Waals surface area contributed by atoms with Crippen molar-refractivity contribution in [1.82, 2.24) is 10.2 Å². The summed E-state index contributed by atoms with van der Waals surface area (Å²) < 4.78 is 0. The van der Waals surface area contributed by atoms with Crippen molar-refractivity contribution in [2.24, 2.45) is 17.4 Å². The Kier molecular flexibility index (Phi) is 5.13. The first-order valence-corrected chi connectivity index (χ1v) is 9.30. The molecule has 7 nitrogen and oxygen atoms in total. The predicted molar refractivity (Wildman–Crippen MR) is 93.1 cm³/mol. The Balaban J connectivity index is 1.80. The number of primary amides is 1. The van der Waals surface area contributed by atoms with E-state index in [9.17, 15) is 14.4 Å². The molecule has 1 aliphatic carbocycles. The lowest BCUT2D eigenvalue weighted by molar-refractivity contribution is -0.140. The summed E-state index contributed by atoms with van der Waals surface area (Å²) in [4.78, 5) is 38.9. The lowest BCUT2D eigenvalue weighted by Gasteiger charge is -2.28. The topological polar surface area (TPSA) is 119 Å². The van der Waals surface area contributed by atoms with Crippen LogP contribution in [0.4, 0.5) is 0 Å². The molecule has 1 saturated heterocycles. The van der Waals surface area contributed by atoms with Crippen LogP contribution in [0.2, 0.25) is 0 Å². The minimum atomic E-state index is -0.993. The molecule has 0 radical (unpaired) electrons. The first kappa shape index (κ1) is 17.9. The summed E-state index contributed by atoms with van der Waals surface area (Å²) in [5.74, 6) is -1.01. The molecule has 0 aromatic heterocycles. The molecule has 138 valence electrons. The van der Waals surface area contributed by atoms with Crippen LogP contribution >= 0.6 is 0 Å². The number of nitrogens with zero attached hydrogens (tertiary/aromatic N) is 1. The predicted octanol–water partition coefficient (Wildman–Crippen LogP) is 0.185. The first-order valence-electron chi connectivity index (χ1n) is 9.30. The highest BCUT2D eigenvalue weighted by Gasteiger charge is 2.59. The van der Waals surface area contributed by atoms with Gasteiger partial charge in [0.15, 0.2) is 0 Å². The van der Waals surface area contributed by atoms with Crippen molar-refractivity contribution >= 4 is 17.7 Å². The van der Waals surface area contributed by atoms with E-state index in [1.807, 2.05) is 6.08 Å². The number of hydrogen-bond donors (Lipinski definition) is 3. The van der Waals surface area contributed by atoms with Crippen LogP contribution in [-0.2, 0) is 14.4 Å². The van der Waals surface area contributed by atoms with Gasteiger partial charge in [-0.3, -0.25) is 14.4 Å². The Morgan fingerprint density at radius 1 is 1.20 bits per heavy atom. The van der Waals surface area contributed by atoms with Gasteiger partial charge in [0.1, 0.15) is 11.6 Å². The molecule has 3 rings (SSSR count). The summed E-state index contributed by atoms with van der Waals surface area (Å²) in [6.07, 6.45) is 10.4. The van der Waals surface area contributed by atoms with Gasteiger partial charge in [0, 0.05) is 12.5 Å². The Bertz CT molecular complexity index is 591. The van der Waals surface area contributed by atoms with Gasteiger partial charge >= 0.3 is 0 Å². The van der Waals surface area contributed by atoms with Gasteiger partial charge < -0.3 is 21.7 Å². The van der Waals surface area contributed by atoms with Gasteiger partial charge in [-0.05, 0) is 38.5 Å². The third kappa shape index (κ3) is 3.56. The molecule has 3 aliphatic rings. The Hall–Kier alpha value is -1.89. The summed E-state index contributed by atoms with van der Waals surface area (Å²) in [6.45, 7) is 0.539. The van der Waals surface area contributed by atoms with Crippen LogP contribution in [0.3, 0.4) is 0 Å². The van der Waals surface area contributed by atoms with E-state index in [1.54, 1.807) is 4.90 Å². The number of carbonyl (C=O) groups is 3. The van der Waals surface area contributed by atoms with E-state index >= 15 is 0 Å². The monoisotopic (exact) mass is 348 g/mol. The fraction of sp³-hybridized carbons (Fsp3) is 0.722. The van der Waals surface area contributed by atoms with Crippen molar-refractivity contribution in [3.05, 3.63) is 12.2 Å². The highest BCUT2D eigenvalue weighted by atomic mass is 16.2. The maximum Gasteiger partial charge on any atom is 0.243 e. The van der Waals surface area contributed by atoms with E-state index in [1.165, 1.54) is 0 Å². The molecule has 0 spiro atoms. The van der Waals surface area contributed by atoms with E-state index in [2.05, 4.69) is 11.4 Å². The zero-order valence-corrected chi connectivity index (χ0v) is 14.6. The lowest BCUT2D eigenvalue weighted by atomic mass is 10.1. The molecule has 25 heavy (non-hydrogen) atoms. The van der Waals surface area contributed by atoms with Crippen molar-refractivity contribution in [2.45, 2.75) is 69.0 Å². The largest absolute Gasteiger partial charge is 0.368 e. The van der Waals surface area contributed by atoms with Crippen molar-refractivity contribution in [3.63, 3.8) is 0 Å². The number of carbonyl (C=O) groups excluding carboxylic acids is 3. The number of nitrogens with one attached hydrogen (secondary N) is 1. The molecule has 3 amide bonds. The lowest BCUT2D eigenvalue weighted by Crippen LogP contribution is -2.56. The van der Waals surface area contributed by atoms with Crippen molar-refractivity contribution in [1.29, 1.82) is 0 Å². The summed E-state index contributed by atoms with van der Waals surface area (Å²) in [7, 11) is 0. The number of nitrogens with two attached hydrogens (primary N) is 2. The Morgan fingerprint density at radius 2 is 2.00 bits per heavy atom. The third-order valence-corrected chi connectivity index (χ3v) is 5.71. The van der Waals surface area contributed by atoms with Crippen LogP contribution in [0.15, 0.2) is 12.2 Å². The average molecular weight is 348 g/mol. The van der Waals surface area contributed by atoms with Crippen LogP contribution in [0, 0.1) is 5.92 Å². The molecule has 1 unspecified atom stereocenters. The summed E-state index contributed by atoms with van der Waals surface area (Å²) in [6, 6.07) is -1.11. The van der Waals surface area contributed by atoms with Gasteiger partial charge in [0.2, 0.25) is 17.7 Å². The van der Waals surface area contributed by atoms with Gasteiger partial charge in [0.25, 0.3) is 0 Å². The van der Waals surface area contributed by atoms with Gasteiger partial charge in [0.05, 0.1) is 6.04 Å². The zero-order chi connectivity index (χ0) is 18.0. The molecule has 7 heteroatoms. The van der Waals surface area contributed by atoms with Gasteiger partial charge in [-0.2, -0.15) is 0 Å². The molecule has 2 heterocycles. The summed E-state index contributed by atoms with van der Waals surface area (Å²) >= 11 is 0. The molecule has 0 bridgehead atoms. The number of allylic oxidation sites excluding steroid dienone is 1. The molecule has 0 aromatic carbocycles. The second-order valence-electron chi connectivity index (χ2n) is 7.50. The van der Waals surface area contributed by atoms with Crippen molar-refractivity contribution in [2.75, 3.05) is 6.54 Å². The summed E-state index contributed by atoms with van der Waals surface area (Å²) in [5.41, 5.74) is 10.6. The smallest absolute Gasteiger partial charge is 0.243 e. The van der Waals surface area contributed by atoms with Crippen LogP contribution in [0.5, 0.6) is 0 Å². The van der Waals surface area contributed by atoms with Gasteiger partial charge in [-0.15, -0.1) is 0 Å². The Labute approximate surface area is 148 Å². The quantitative estimate of drug-likeness (QED) is 0.586. The first-order chi connectivity index (χ1) is 12.0. The van der Waals surface area contributed by atoms with Crippen LogP contribution in [0.25, 0.3) is 0 Å². The molecule has 2 fully saturated rings. The van der Waals surface area contributed by atoms with Crippen molar-refractivity contribution < 1.29 is 14.4 Å². The number of fused-ring (bicyclic) bond motifs is 2. The number of rotatable bonds is 1. The normalized spacial score (nSPS) is 38.0. The molecule has 4 atom stereocenters. The second-order valence-corrected chi connectivity index (χ2v) is 7.50. The van der Waals surface area contributed by atoms with E-state index in [-0.39, 0.29) is 17.7 Å². The van der Waals surface area contributed by atoms with Crippen LogP contribution in [-0.4, -0.2) is 46.8 Å². The Morgan fingerprint density at radius 3 is 2.76 bits per heavy atom. The highest BCUT2D eigenvalue weighted by Crippen LogP contribution is 2.45. The maximum absolute atomic E-state index is 12.8. The highest BCUT2D eigenvalue weighted by molar-refractivity contribution is 5.97. The SMILES string of the molecule is NC(=O)[C@@]12CC1/C=C\CCCCC[C@H](N)C(=O)N1CCC[C@H]1C(=O)N2. The molecule has 2 aliphatic heterocycles. The van der Waals surface area contributed by atoms with Gasteiger partial charge in [-0.25, -0.2) is 0 Å². The molecule has 0 aromatic rings. The van der Waals surface area contributed by atoms with Crippen molar-refractivity contribution in [3.8, 4) is 0 Å². The van der Waals surface area contributed by atoms with Crippen LogP contribution < -0.4 is 16.8 Å². The maximum atomic E-state index is 12.8. The standard InChI is InChI=1S/C18H28N4O3/c19-13-8-5-3-1-2-4-7-12-11-18(12,17(20)25)21-15(23)14-9-6-10-22(14)16(13)24/h4,7,12-14H,1-3,5-6,8-11,19H2,(H2,20,25)(H,21,23)/b7-4-/t12?,13-,14-,18+/m0/s1. The minimum Gasteiger partial charge on any atom is -0.368 e. The van der Waals surface area contributed by atoms with Crippen LogP contribution in [0.1, 0.15) is 51.4 Å².